The van der Waals surface area contributed by atoms with E-state index >= 15 is 0 Å². The molecule has 0 amide bonds. The van der Waals surface area contributed by atoms with Gasteiger partial charge in [0.25, 0.3) is 0 Å². The molecule has 1 saturated heterocycles. The molecular weight excluding hydrogens is 316 g/mol. The van der Waals surface area contributed by atoms with Crippen LogP contribution >= 0.6 is 15.9 Å². The molecule has 0 bridgehead atoms. The summed E-state index contributed by atoms with van der Waals surface area (Å²) in [7, 11) is 0. The van der Waals surface area contributed by atoms with Crippen LogP contribution in [0.15, 0.2) is 29.0 Å². The first-order chi connectivity index (χ1) is 9.45. The second-order valence-corrected chi connectivity index (χ2v) is 7.27. The van der Waals surface area contributed by atoms with Crippen LogP contribution in [0.25, 0.3) is 5.52 Å². The molecule has 1 fully saturated rings. The van der Waals surface area contributed by atoms with E-state index in [1.807, 2.05) is 16.9 Å². The van der Waals surface area contributed by atoms with Crippen molar-refractivity contribution in [1.82, 2.24) is 14.5 Å². The minimum absolute atomic E-state index is 0.262. The lowest BCUT2D eigenvalue weighted by Crippen LogP contribution is -2.53. The Labute approximate surface area is 128 Å². The van der Waals surface area contributed by atoms with E-state index < -0.39 is 0 Å². The zero-order chi connectivity index (χ0) is 14.3. The Bertz CT molecular complexity index is 606. The largest absolute Gasteiger partial charge is 0.367 e. The number of anilines is 1. The maximum atomic E-state index is 4.36. The minimum atomic E-state index is 0.262. The predicted molar refractivity (Wildman–Crippen MR) is 86.4 cm³/mol. The highest BCUT2D eigenvalue weighted by Crippen LogP contribution is 2.27. The van der Waals surface area contributed by atoms with Crippen molar-refractivity contribution >= 4 is 27.1 Å². The summed E-state index contributed by atoms with van der Waals surface area (Å²) in [5.74, 6) is 0. The van der Waals surface area contributed by atoms with E-state index in [1.165, 1.54) is 11.2 Å². The molecule has 4 nitrogen and oxygen atoms in total. The Morgan fingerprint density at radius 2 is 1.85 bits per heavy atom. The first kappa shape index (κ1) is 13.9. The van der Waals surface area contributed by atoms with Gasteiger partial charge in [-0.2, -0.15) is 5.10 Å². The number of hydrogen-bond donors (Lipinski definition) is 0. The highest BCUT2D eigenvalue weighted by molar-refractivity contribution is 9.10. The van der Waals surface area contributed by atoms with Gasteiger partial charge in [0.2, 0.25) is 0 Å². The average molecular weight is 337 g/mol. The molecule has 0 unspecified atom stereocenters. The Morgan fingerprint density at radius 1 is 1.15 bits per heavy atom. The first-order valence-corrected chi connectivity index (χ1v) is 7.87. The third kappa shape index (κ3) is 2.56. The van der Waals surface area contributed by atoms with Gasteiger partial charge in [-0.05, 0) is 48.8 Å². The van der Waals surface area contributed by atoms with E-state index in [0.717, 1.165) is 30.7 Å². The molecule has 0 spiro atoms. The van der Waals surface area contributed by atoms with Gasteiger partial charge in [0.15, 0.2) is 0 Å². The molecule has 2 aromatic rings. The van der Waals surface area contributed by atoms with E-state index in [2.05, 4.69) is 63.7 Å². The van der Waals surface area contributed by atoms with Gasteiger partial charge in [0.05, 0.1) is 11.2 Å². The van der Waals surface area contributed by atoms with Crippen molar-refractivity contribution in [3.8, 4) is 0 Å². The van der Waals surface area contributed by atoms with Gasteiger partial charge in [-0.1, -0.05) is 0 Å². The second kappa shape index (κ2) is 5.04. The number of halogens is 1. The molecule has 5 heteroatoms. The van der Waals surface area contributed by atoms with Crippen LogP contribution in [-0.4, -0.2) is 46.2 Å². The number of fused-ring (bicyclic) bond motifs is 1. The monoisotopic (exact) mass is 336 g/mol. The normalized spacial score (nSPS) is 17.9. The number of aromatic nitrogens is 2. The van der Waals surface area contributed by atoms with Gasteiger partial charge < -0.3 is 4.90 Å². The van der Waals surface area contributed by atoms with Crippen LogP contribution in [0.1, 0.15) is 20.8 Å². The molecule has 0 N–H and O–H groups in total. The van der Waals surface area contributed by atoms with Crippen molar-refractivity contribution < 1.29 is 0 Å². The summed E-state index contributed by atoms with van der Waals surface area (Å²) < 4.78 is 3.01. The zero-order valence-corrected chi connectivity index (χ0v) is 13.9. The van der Waals surface area contributed by atoms with Crippen LogP contribution in [0.5, 0.6) is 0 Å². The SMILES string of the molecule is CC(C)(C)N1CCN(c2ccnn3cc(Br)cc23)CC1. The number of nitrogens with zero attached hydrogens (tertiary/aromatic N) is 4. The fourth-order valence-corrected chi connectivity index (χ4v) is 3.26. The molecule has 3 rings (SSSR count). The molecule has 2 aromatic heterocycles. The van der Waals surface area contributed by atoms with Gasteiger partial charge in [0, 0.05) is 48.6 Å². The molecule has 1 aliphatic heterocycles. The van der Waals surface area contributed by atoms with Crippen molar-refractivity contribution in [2.24, 2.45) is 0 Å². The molecule has 108 valence electrons. The summed E-state index contributed by atoms with van der Waals surface area (Å²) in [4.78, 5) is 5.02. The maximum Gasteiger partial charge on any atom is 0.0891 e. The van der Waals surface area contributed by atoms with Gasteiger partial charge in [-0.3, -0.25) is 4.90 Å². The zero-order valence-electron chi connectivity index (χ0n) is 12.3. The van der Waals surface area contributed by atoms with Crippen molar-refractivity contribution in [3.63, 3.8) is 0 Å². The number of piperazine rings is 1. The van der Waals surface area contributed by atoms with Crippen LogP contribution in [0.3, 0.4) is 0 Å². The Balaban J connectivity index is 1.83. The third-order valence-electron chi connectivity index (χ3n) is 4.02. The quantitative estimate of drug-likeness (QED) is 0.799. The fourth-order valence-electron chi connectivity index (χ4n) is 2.85. The fraction of sp³-hybridized carbons (Fsp3) is 0.533. The summed E-state index contributed by atoms with van der Waals surface area (Å²) in [6.45, 7) is 11.2. The highest BCUT2D eigenvalue weighted by atomic mass is 79.9. The van der Waals surface area contributed by atoms with Crippen molar-refractivity contribution in [2.45, 2.75) is 26.3 Å². The molecule has 0 saturated carbocycles. The van der Waals surface area contributed by atoms with Gasteiger partial charge >= 0.3 is 0 Å². The Morgan fingerprint density at radius 3 is 2.50 bits per heavy atom. The van der Waals surface area contributed by atoms with Crippen LogP contribution in [0.2, 0.25) is 0 Å². The van der Waals surface area contributed by atoms with E-state index in [1.54, 1.807) is 0 Å². The van der Waals surface area contributed by atoms with E-state index in [-0.39, 0.29) is 5.54 Å². The lowest BCUT2D eigenvalue weighted by molar-refractivity contribution is 0.128. The molecule has 0 aliphatic carbocycles. The summed E-state index contributed by atoms with van der Waals surface area (Å²) in [5.41, 5.74) is 2.71. The minimum Gasteiger partial charge on any atom is -0.367 e. The Kier molecular flexibility index (Phi) is 3.50. The molecule has 0 aromatic carbocycles. The van der Waals surface area contributed by atoms with Crippen LogP contribution in [0.4, 0.5) is 5.69 Å². The summed E-state index contributed by atoms with van der Waals surface area (Å²) in [6, 6.07) is 4.26. The molecule has 3 heterocycles. The summed E-state index contributed by atoms with van der Waals surface area (Å²) >= 11 is 3.53. The molecule has 0 atom stereocenters. The van der Waals surface area contributed by atoms with Crippen molar-refractivity contribution in [2.75, 3.05) is 31.1 Å². The van der Waals surface area contributed by atoms with E-state index in [4.69, 9.17) is 0 Å². The molecule has 1 aliphatic rings. The molecule has 0 radical (unpaired) electrons. The molecular formula is C15H21BrN4. The topological polar surface area (TPSA) is 23.8 Å². The van der Waals surface area contributed by atoms with Gasteiger partial charge in [-0.25, -0.2) is 4.52 Å². The van der Waals surface area contributed by atoms with Crippen LogP contribution in [0, 0.1) is 0 Å². The van der Waals surface area contributed by atoms with Gasteiger partial charge in [0.1, 0.15) is 0 Å². The average Bonchev–Trinajstić information content (AvgIpc) is 2.78. The maximum absolute atomic E-state index is 4.36. The Hall–Kier alpha value is -1.07. The smallest absolute Gasteiger partial charge is 0.0891 e. The second-order valence-electron chi connectivity index (χ2n) is 6.35. The predicted octanol–water partition coefficient (Wildman–Crippen LogP) is 3.02. The third-order valence-corrected chi connectivity index (χ3v) is 4.46. The van der Waals surface area contributed by atoms with Crippen molar-refractivity contribution in [1.29, 1.82) is 0 Å². The van der Waals surface area contributed by atoms with Gasteiger partial charge in [-0.15, -0.1) is 0 Å². The molecule has 20 heavy (non-hydrogen) atoms. The van der Waals surface area contributed by atoms with E-state index in [9.17, 15) is 0 Å². The standard InChI is InChI=1S/C15H21BrN4/c1-15(2,3)19-8-6-18(7-9-19)13-4-5-17-20-11-12(16)10-14(13)20/h4-5,10-11H,6-9H2,1-3H3. The lowest BCUT2D eigenvalue weighted by atomic mass is 10.0. The highest BCUT2D eigenvalue weighted by Gasteiger charge is 2.26. The van der Waals surface area contributed by atoms with E-state index in [0.29, 0.717) is 0 Å². The first-order valence-electron chi connectivity index (χ1n) is 7.08. The lowest BCUT2D eigenvalue weighted by Gasteiger charge is -2.43. The van der Waals surface area contributed by atoms with Crippen molar-refractivity contribution in [3.05, 3.63) is 29.0 Å². The number of hydrogen-bond acceptors (Lipinski definition) is 3. The van der Waals surface area contributed by atoms with Crippen LogP contribution in [-0.2, 0) is 0 Å². The summed E-state index contributed by atoms with van der Waals surface area (Å²) in [6.07, 6.45) is 3.88. The van der Waals surface area contributed by atoms with Crippen LogP contribution < -0.4 is 4.90 Å². The summed E-state index contributed by atoms with van der Waals surface area (Å²) in [5, 5.41) is 4.36. The number of rotatable bonds is 1.